The molecular weight excluding hydrogens is 461 g/mol. The second-order valence-electron chi connectivity index (χ2n) is 7.05. The van der Waals surface area contributed by atoms with Crippen LogP contribution < -0.4 is 15.4 Å². The first-order chi connectivity index (χ1) is 15.3. The second-order valence-corrected chi connectivity index (χ2v) is 9.59. The topological polar surface area (TPSA) is 83.1 Å². The van der Waals surface area contributed by atoms with E-state index in [0.29, 0.717) is 12.6 Å². The van der Waals surface area contributed by atoms with Crippen molar-refractivity contribution in [3.63, 3.8) is 0 Å². The molecule has 0 aliphatic carbocycles. The first kappa shape index (κ1) is 22.3. The lowest BCUT2D eigenvalue weighted by molar-refractivity contribution is 0.555. The van der Waals surface area contributed by atoms with E-state index < -0.39 is 26.6 Å². The summed E-state index contributed by atoms with van der Waals surface area (Å²) < 4.78 is 69.4. The van der Waals surface area contributed by atoms with Crippen molar-refractivity contribution in [3.8, 4) is 0 Å². The van der Waals surface area contributed by atoms with E-state index >= 15 is 0 Å². The number of hydrogen-bond acceptors (Lipinski definition) is 6. The zero-order chi connectivity index (χ0) is 22.7. The Morgan fingerprint density at radius 2 is 1.91 bits per heavy atom. The molecule has 1 aliphatic heterocycles. The molecule has 0 saturated carbocycles. The van der Waals surface area contributed by atoms with Crippen LogP contribution in [0.15, 0.2) is 58.9 Å². The fourth-order valence-corrected chi connectivity index (χ4v) is 5.27. The molecule has 0 amide bonds. The molecule has 11 heteroatoms. The van der Waals surface area contributed by atoms with E-state index in [0.717, 1.165) is 35.0 Å². The van der Waals surface area contributed by atoms with Crippen LogP contribution in [-0.2, 0) is 10.0 Å². The van der Waals surface area contributed by atoms with Gasteiger partial charge in [-0.05, 0) is 42.3 Å². The predicted octanol–water partition coefficient (Wildman–Crippen LogP) is 4.22. The van der Waals surface area contributed by atoms with Gasteiger partial charge in [0.25, 0.3) is 10.0 Å². The number of thiazole rings is 1. The van der Waals surface area contributed by atoms with Crippen molar-refractivity contribution in [1.82, 2.24) is 10.3 Å². The Balaban J connectivity index is 1.51. The molecule has 2 heterocycles. The third-order valence-electron chi connectivity index (χ3n) is 4.91. The quantitative estimate of drug-likeness (QED) is 0.472. The summed E-state index contributed by atoms with van der Waals surface area (Å²) in [7, 11) is -4.33. The van der Waals surface area contributed by atoms with Gasteiger partial charge >= 0.3 is 0 Å². The van der Waals surface area contributed by atoms with Crippen LogP contribution >= 0.6 is 11.3 Å². The van der Waals surface area contributed by atoms with E-state index in [2.05, 4.69) is 20.3 Å². The molecule has 6 nitrogen and oxygen atoms in total. The van der Waals surface area contributed by atoms with Crippen LogP contribution in [-0.4, -0.2) is 32.5 Å². The summed E-state index contributed by atoms with van der Waals surface area (Å²) >= 11 is 1.02. The van der Waals surface area contributed by atoms with Crippen molar-refractivity contribution in [2.75, 3.05) is 23.1 Å². The number of nitrogens with one attached hydrogen (secondary N) is 3. The maximum atomic E-state index is 14.6. The third kappa shape index (κ3) is 4.95. The van der Waals surface area contributed by atoms with Crippen LogP contribution in [0.5, 0.6) is 0 Å². The SMILES string of the molecule is O=S(=O)(Nc1nccs1)c1cc(F)c(NC[C@H]2NCCC=C2c2ccc(F)cc2)cc1F. The van der Waals surface area contributed by atoms with Gasteiger partial charge in [-0.25, -0.2) is 26.6 Å². The number of aromatic nitrogens is 1. The van der Waals surface area contributed by atoms with Crippen LogP contribution in [0.4, 0.5) is 24.0 Å². The van der Waals surface area contributed by atoms with Crippen LogP contribution in [0.1, 0.15) is 12.0 Å². The second kappa shape index (κ2) is 9.31. The number of sulfonamides is 1. The Morgan fingerprint density at radius 1 is 1.12 bits per heavy atom. The number of nitrogens with zero attached hydrogens (tertiary/aromatic N) is 1. The minimum atomic E-state index is -4.33. The number of anilines is 2. The Kier molecular flexibility index (Phi) is 6.49. The highest BCUT2D eigenvalue weighted by Gasteiger charge is 2.24. The molecule has 3 aromatic rings. The van der Waals surface area contributed by atoms with E-state index in [-0.39, 0.29) is 29.2 Å². The highest BCUT2D eigenvalue weighted by Crippen LogP contribution is 2.27. The minimum Gasteiger partial charge on any atom is -0.381 e. The smallest absolute Gasteiger partial charge is 0.266 e. The van der Waals surface area contributed by atoms with Crippen LogP contribution in [0.3, 0.4) is 0 Å². The zero-order valence-corrected chi connectivity index (χ0v) is 18.2. The van der Waals surface area contributed by atoms with E-state index in [9.17, 15) is 21.6 Å². The van der Waals surface area contributed by atoms with Crippen molar-refractivity contribution < 1.29 is 21.6 Å². The van der Waals surface area contributed by atoms with Gasteiger partial charge in [0.1, 0.15) is 22.3 Å². The van der Waals surface area contributed by atoms with Crippen LogP contribution in [0.2, 0.25) is 0 Å². The maximum absolute atomic E-state index is 14.6. The van der Waals surface area contributed by atoms with E-state index in [4.69, 9.17) is 0 Å². The van der Waals surface area contributed by atoms with Gasteiger partial charge in [0.05, 0.1) is 5.69 Å². The summed E-state index contributed by atoms with van der Waals surface area (Å²) in [6.45, 7) is 0.913. The normalized spacial score (nSPS) is 16.5. The zero-order valence-electron chi connectivity index (χ0n) is 16.6. The van der Waals surface area contributed by atoms with Crippen LogP contribution in [0.25, 0.3) is 5.57 Å². The molecule has 168 valence electrons. The van der Waals surface area contributed by atoms with Gasteiger partial charge in [0.2, 0.25) is 0 Å². The molecule has 1 aromatic heterocycles. The highest BCUT2D eigenvalue weighted by atomic mass is 32.2. The number of benzene rings is 2. The molecule has 0 unspecified atom stereocenters. The monoisotopic (exact) mass is 480 g/mol. The lowest BCUT2D eigenvalue weighted by Crippen LogP contribution is -2.39. The summed E-state index contributed by atoms with van der Waals surface area (Å²) in [5, 5.41) is 7.74. The van der Waals surface area contributed by atoms with Gasteiger partial charge in [0, 0.05) is 30.2 Å². The minimum absolute atomic E-state index is 0.0514. The van der Waals surface area contributed by atoms with E-state index in [1.165, 1.54) is 18.3 Å². The fraction of sp³-hybridized carbons (Fsp3) is 0.190. The summed E-state index contributed by atoms with van der Waals surface area (Å²) in [5.74, 6) is -2.34. The van der Waals surface area contributed by atoms with Gasteiger partial charge in [-0.1, -0.05) is 18.2 Å². The Morgan fingerprint density at radius 3 is 2.62 bits per heavy atom. The summed E-state index contributed by atoms with van der Waals surface area (Å²) in [6, 6.07) is 7.28. The average Bonchev–Trinajstić information content (AvgIpc) is 3.27. The van der Waals surface area contributed by atoms with Gasteiger partial charge < -0.3 is 10.6 Å². The molecule has 0 fully saturated rings. The van der Waals surface area contributed by atoms with Gasteiger partial charge in [-0.3, -0.25) is 4.72 Å². The van der Waals surface area contributed by atoms with Gasteiger partial charge in [0.15, 0.2) is 5.13 Å². The standard InChI is InChI=1S/C21H19F3N4O2S2/c22-14-5-3-13(4-6-14)15-2-1-7-25-19(15)12-27-18-10-17(24)20(11-16(18)23)32(29,30)28-21-26-8-9-31-21/h2-6,8-11,19,25,27H,1,7,12H2,(H,26,28)/t19-/m1/s1. The Hall–Kier alpha value is -2.89. The van der Waals surface area contributed by atoms with Gasteiger partial charge in [-0.15, -0.1) is 11.3 Å². The molecule has 32 heavy (non-hydrogen) atoms. The fourth-order valence-electron chi connectivity index (χ4n) is 3.41. The van der Waals surface area contributed by atoms with Crippen LogP contribution in [0, 0.1) is 17.5 Å². The average molecular weight is 481 g/mol. The Bertz CT molecular complexity index is 1230. The summed E-state index contributed by atoms with van der Waals surface area (Å²) in [6.07, 6.45) is 4.19. The molecule has 1 atom stereocenters. The van der Waals surface area contributed by atoms with Crippen molar-refractivity contribution in [3.05, 3.63) is 77.1 Å². The lowest BCUT2D eigenvalue weighted by atomic mass is 9.94. The van der Waals surface area contributed by atoms with Crippen molar-refractivity contribution in [1.29, 1.82) is 0 Å². The number of hydrogen-bond donors (Lipinski definition) is 3. The van der Waals surface area contributed by atoms with Gasteiger partial charge in [-0.2, -0.15) is 0 Å². The molecule has 2 aromatic carbocycles. The first-order valence-corrected chi connectivity index (χ1v) is 12.0. The molecule has 0 bridgehead atoms. The molecule has 0 spiro atoms. The first-order valence-electron chi connectivity index (χ1n) is 9.68. The molecule has 3 N–H and O–H groups in total. The largest absolute Gasteiger partial charge is 0.381 e. The highest BCUT2D eigenvalue weighted by molar-refractivity contribution is 7.93. The van der Waals surface area contributed by atoms with Crippen molar-refractivity contribution in [2.24, 2.45) is 0 Å². The third-order valence-corrected chi connectivity index (χ3v) is 7.09. The van der Waals surface area contributed by atoms with E-state index in [1.807, 2.05) is 6.08 Å². The van der Waals surface area contributed by atoms with Crippen molar-refractivity contribution in [2.45, 2.75) is 17.4 Å². The molecule has 0 radical (unpaired) electrons. The molecule has 0 saturated heterocycles. The van der Waals surface area contributed by atoms with Crippen molar-refractivity contribution >= 4 is 37.8 Å². The Labute approximate surface area is 187 Å². The predicted molar refractivity (Wildman–Crippen MR) is 119 cm³/mol. The molecular formula is C21H19F3N4O2S2. The summed E-state index contributed by atoms with van der Waals surface area (Å²) in [5.41, 5.74) is 1.57. The lowest BCUT2D eigenvalue weighted by Gasteiger charge is -2.27. The number of halogens is 3. The summed E-state index contributed by atoms with van der Waals surface area (Å²) in [4.78, 5) is 2.97. The number of rotatable bonds is 7. The molecule has 4 rings (SSSR count). The van der Waals surface area contributed by atoms with E-state index in [1.54, 1.807) is 17.5 Å². The molecule has 1 aliphatic rings. The maximum Gasteiger partial charge on any atom is 0.266 e.